The normalized spacial score (nSPS) is 22.7. The molecule has 106 valence electrons. The zero-order valence-electron chi connectivity index (χ0n) is 12.8. The standard InChI is InChI=1S/C14H24BNO3/c1-7-17-11(2)16-9-8-12(10-16)15-18-13(3,4)14(5,6)19-15/h8-11H,7H2,1-6H3. The number of rotatable bonds is 4. The lowest BCUT2D eigenvalue weighted by Crippen LogP contribution is -2.41. The van der Waals surface area contributed by atoms with E-state index in [1.807, 2.05) is 36.9 Å². The highest BCUT2D eigenvalue weighted by Gasteiger charge is 2.51. The summed E-state index contributed by atoms with van der Waals surface area (Å²) in [5.74, 6) is 0. The summed E-state index contributed by atoms with van der Waals surface area (Å²) in [6, 6.07) is 2.03. The first-order valence-corrected chi connectivity index (χ1v) is 6.91. The van der Waals surface area contributed by atoms with Gasteiger partial charge in [-0.15, -0.1) is 0 Å². The van der Waals surface area contributed by atoms with Crippen molar-refractivity contribution in [2.45, 2.75) is 59.0 Å². The van der Waals surface area contributed by atoms with E-state index in [1.165, 1.54) is 0 Å². The van der Waals surface area contributed by atoms with E-state index in [2.05, 4.69) is 27.7 Å². The highest BCUT2D eigenvalue weighted by atomic mass is 16.7. The van der Waals surface area contributed by atoms with Crippen LogP contribution in [0.2, 0.25) is 0 Å². The van der Waals surface area contributed by atoms with Gasteiger partial charge in [-0.3, -0.25) is 0 Å². The topological polar surface area (TPSA) is 32.6 Å². The van der Waals surface area contributed by atoms with Gasteiger partial charge in [0.15, 0.2) is 0 Å². The zero-order valence-corrected chi connectivity index (χ0v) is 12.8. The van der Waals surface area contributed by atoms with Gasteiger partial charge in [-0.2, -0.15) is 0 Å². The molecule has 1 saturated heterocycles. The van der Waals surface area contributed by atoms with Crippen LogP contribution in [0.3, 0.4) is 0 Å². The minimum atomic E-state index is -0.305. The monoisotopic (exact) mass is 265 g/mol. The predicted octanol–water partition coefficient (Wildman–Crippen LogP) is 2.34. The second-order valence-electron chi connectivity index (χ2n) is 6.03. The van der Waals surface area contributed by atoms with Gasteiger partial charge in [0, 0.05) is 24.5 Å². The van der Waals surface area contributed by atoms with Crippen LogP contribution in [0.4, 0.5) is 0 Å². The number of hydrogen-bond donors (Lipinski definition) is 0. The Labute approximate surface area is 116 Å². The molecule has 1 unspecified atom stereocenters. The molecule has 1 aromatic heterocycles. The molecule has 0 radical (unpaired) electrons. The summed E-state index contributed by atoms with van der Waals surface area (Å²) in [6.45, 7) is 13.0. The van der Waals surface area contributed by atoms with Crippen molar-refractivity contribution in [3.8, 4) is 0 Å². The predicted molar refractivity (Wildman–Crippen MR) is 76.5 cm³/mol. The van der Waals surface area contributed by atoms with E-state index >= 15 is 0 Å². The molecule has 1 aromatic rings. The minimum absolute atomic E-state index is 0.0289. The molecule has 0 saturated carbocycles. The summed E-state index contributed by atoms with van der Waals surface area (Å²) in [5, 5.41) is 0. The Bertz CT molecular complexity index is 426. The summed E-state index contributed by atoms with van der Waals surface area (Å²) >= 11 is 0. The highest BCUT2D eigenvalue weighted by Crippen LogP contribution is 2.36. The fourth-order valence-corrected chi connectivity index (χ4v) is 2.10. The van der Waals surface area contributed by atoms with E-state index in [-0.39, 0.29) is 24.5 Å². The average molecular weight is 265 g/mol. The summed E-state index contributed by atoms with van der Waals surface area (Å²) in [6.07, 6.45) is 4.06. The Morgan fingerprint density at radius 2 is 1.84 bits per heavy atom. The van der Waals surface area contributed by atoms with Crippen LogP contribution in [0.1, 0.15) is 47.8 Å². The van der Waals surface area contributed by atoms with Crippen LogP contribution >= 0.6 is 0 Å². The third-order valence-electron chi connectivity index (χ3n) is 4.09. The lowest BCUT2D eigenvalue weighted by Gasteiger charge is -2.32. The fraction of sp³-hybridized carbons (Fsp3) is 0.714. The molecule has 4 nitrogen and oxygen atoms in total. The van der Waals surface area contributed by atoms with Gasteiger partial charge < -0.3 is 18.6 Å². The average Bonchev–Trinajstić information content (AvgIpc) is 2.83. The Morgan fingerprint density at radius 3 is 2.37 bits per heavy atom. The van der Waals surface area contributed by atoms with Crippen molar-refractivity contribution in [1.82, 2.24) is 4.57 Å². The van der Waals surface area contributed by atoms with Gasteiger partial charge in [0.05, 0.1) is 11.2 Å². The van der Waals surface area contributed by atoms with Gasteiger partial charge in [0.25, 0.3) is 0 Å². The maximum atomic E-state index is 6.03. The quantitative estimate of drug-likeness (QED) is 0.783. The number of nitrogens with zero attached hydrogens (tertiary/aromatic N) is 1. The first-order chi connectivity index (χ1) is 8.77. The summed E-state index contributed by atoms with van der Waals surface area (Å²) in [7, 11) is -0.305. The second-order valence-corrected chi connectivity index (χ2v) is 6.03. The molecule has 0 aliphatic carbocycles. The van der Waals surface area contributed by atoms with E-state index < -0.39 is 0 Å². The SMILES string of the molecule is CCOC(C)n1ccc(B2OC(C)(C)C(C)(C)O2)c1. The van der Waals surface area contributed by atoms with Crippen LogP contribution in [-0.4, -0.2) is 29.5 Å². The van der Waals surface area contributed by atoms with E-state index in [9.17, 15) is 0 Å². The largest absolute Gasteiger partial charge is 0.496 e. The smallest absolute Gasteiger partial charge is 0.399 e. The van der Waals surface area contributed by atoms with Crippen molar-refractivity contribution >= 4 is 12.6 Å². The van der Waals surface area contributed by atoms with Gasteiger partial charge in [0.1, 0.15) is 6.23 Å². The second kappa shape index (κ2) is 4.96. The van der Waals surface area contributed by atoms with Crippen LogP contribution in [0.15, 0.2) is 18.5 Å². The Hall–Kier alpha value is -0.775. The van der Waals surface area contributed by atoms with E-state index in [4.69, 9.17) is 14.0 Å². The molecule has 19 heavy (non-hydrogen) atoms. The van der Waals surface area contributed by atoms with Gasteiger partial charge in [-0.25, -0.2) is 0 Å². The molecule has 2 rings (SSSR count). The van der Waals surface area contributed by atoms with Crippen molar-refractivity contribution in [1.29, 1.82) is 0 Å². The van der Waals surface area contributed by atoms with Crippen molar-refractivity contribution in [3.05, 3.63) is 18.5 Å². The molecule has 1 atom stereocenters. The number of ether oxygens (including phenoxy) is 1. The van der Waals surface area contributed by atoms with Crippen molar-refractivity contribution < 1.29 is 14.0 Å². The molecule has 1 fully saturated rings. The molecule has 2 heterocycles. The van der Waals surface area contributed by atoms with Crippen molar-refractivity contribution in [2.75, 3.05) is 6.61 Å². The van der Waals surface area contributed by atoms with Crippen molar-refractivity contribution in [3.63, 3.8) is 0 Å². The molecule has 0 aromatic carbocycles. The molecule has 0 amide bonds. The maximum Gasteiger partial charge on any atom is 0.496 e. The van der Waals surface area contributed by atoms with Crippen LogP contribution < -0.4 is 5.46 Å². The number of aromatic nitrogens is 1. The molecular weight excluding hydrogens is 241 g/mol. The first kappa shape index (κ1) is 14.6. The lowest BCUT2D eigenvalue weighted by atomic mass is 9.81. The van der Waals surface area contributed by atoms with Gasteiger partial charge >= 0.3 is 7.12 Å². The molecular formula is C14H24BNO3. The molecule has 0 bridgehead atoms. The molecule has 1 aliphatic rings. The summed E-state index contributed by atoms with van der Waals surface area (Å²) < 4.78 is 19.7. The van der Waals surface area contributed by atoms with Gasteiger partial charge in [-0.1, -0.05) is 0 Å². The van der Waals surface area contributed by atoms with Crippen LogP contribution in [0, 0.1) is 0 Å². The van der Waals surface area contributed by atoms with Gasteiger partial charge in [0.2, 0.25) is 0 Å². The van der Waals surface area contributed by atoms with E-state index in [0.29, 0.717) is 6.61 Å². The molecule has 0 N–H and O–H groups in total. The lowest BCUT2D eigenvalue weighted by molar-refractivity contribution is 0.00578. The van der Waals surface area contributed by atoms with Crippen LogP contribution in [-0.2, 0) is 14.0 Å². The van der Waals surface area contributed by atoms with Gasteiger partial charge in [-0.05, 0) is 47.6 Å². The first-order valence-electron chi connectivity index (χ1n) is 6.91. The van der Waals surface area contributed by atoms with E-state index in [0.717, 1.165) is 5.46 Å². The number of hydrogen-bond acceptors (Lipinski definition) is 3. The van der Waals surface area contributed by atoms with E-state index in [1.54, 1.807) is 0 Å². The molecule has 5 heteroatoms. The molecule has 0 spiro atoms. The van der Waals surface area contributed by atoms with Crippen LogP contribution in [0.25, 0.3) is 0 Å². The summed E-state index contributed by atoms with van der Waals surface area (Å²) in [5.41, 5.74) is 0.432. The van der Waals surface area contributed by atoms with Crippen LogP contribution in [0.5, 0.6) is 0 Å². The molecule has 1 aliphatic heterocycles. The highest BCUT2D eigenvalue weighted by molar-refractivity contribution is 6.62. The Morgan fingerprint density at radius 1 is 1.26 bits per heavy atom. The fourth-order valence-electron chi connectivity index (χ4n) is 2.10. The van der Waals surface area contributed by atoms with Crippen molar-refractivity contribution in [2.24, 2.45) is 0 Å². The Balaban J connectivity index is 2.13. The third kappa shape index (κ3) is 2.73. The minimum Gasteiger partial charge on any atom is -0.399 e. The Kier molecular flexibility index (Phi) is 3.82. The maximum absolute atomic E-state index is 6.03. The summed E-state index contributed by atoms with van der Waals surface area (Å²) in [4.78, 5) is 0. The zero-order chi connectivity index (χ0) is 14.3. The third-order valence-corrected chi connectivity index (χ3v) is 4.09.